The topological polar surface area (TPSA) is 57.2 Å². The maximum Gasteiger partial charge on any atom is 0.158 e. The molecule has 5 heteroatoms. The summed E-state index contributed by atoms with van der Waals surface area (Å²) in [6, 6.07) is 29.8. The SMILES string of the molecule is O[C@@H](CCC1O[C@@H](COCc2ccccc2)[C@H](COCc2ccccc2)O1)c1ccccc1. The second kappa shape index (κ2) is 12.6. The van der Waals surface area contributed by atoms with Gasteiger partial charge in [-0.25, -0.2) is 0 Å². The van der Waals surface area contributed by atoms with Crippen molar-refractivity contribution in [2.75, 3.05) is 13.2 Å². The Morgan fingerprint density at radius 3 is 1.61 bits per heavy atom. The molecule has 3 aromatic carbocycles. The fraction of sp³-hybridized carbons (Fsp3) is 0.357. The Kier molecular flexibility index (Phi) is 9.04. The number of ether oxygens (including phenoxy) is 4. The van der Waals surface area contributed by atoms with E-state index in [1.165, 1.54) is 0 Å². The standard InChI is InChI=1S/C28H32O5/c29-25(24-14-8-3-9-15-24)16-17-28-32-26(20-30-18-22-10-4-1-5-11-22)27(33-28)21-31-19-23-12-6-2-7-13-23/h1-15,25-29H,16-21H2/t25-,26-,27-/m0/s1. The first-order chi connectivity index (χ1) is 16.3. The maximum absolute atomic E-state index is 10.5. The van der Waals surface area contributed by atoms with Crippen LogP contribution in [0, 0.1) is 0 Å². The molecular weight excluding hydrogens is 416 g/mol. The molecule has 3 aromatic rings. The smallest absolute Gasteiger partial charge is 0.158 e. The molecule has 1 fully saturated rings. The van der Waals surface area contributed by atoms with Gasteiger partial charge >= 0.3 is 0 Å². The van der Waals surface area contributed by atoms with Crippen LogP contribution >= 0.6 is 0 Å². The van der Waals surface area contributed by atoms with Crippen molar-refractivity contribution in [2.45, 2.75) is 50.7 Å². The third-order valence-corrected chi connectivity index (χ3v) is 5.72. The third kappa shape index (κ3) is 7.49. The van der Waals surface area contributed by atoms with Crippen LogP contribution in [0.3, 0.4) is 0 Å². The molecule has 0 bridgehead atoms. The summed E-state index contributed by atoms with van der Waals surface area (Å²) in [6.07, 6.45) is -0.213. The van der Waals surface area contributed by atoms with Gasteiger partial charge in [0.1, 0.15) is 12.2 Å². The van der Waals surface area contributed by atoms with Crippen molar-refractivity contribution in [1.29, 1.82) is 0 Å². The first-order valence-corrected chi connectivity index (χ1v) is 11.5. The lowest BCUT2D eigenvalue weighted by Gasteiger charge is -2.17. The van der Waals surface area contributed by atoms with Gasteiger partial charge in [-0.2, -0.15) is 0 Å². The summed E-state index contributed by atoms with van der Waals surface area (Å²) in [5, 5.41) is 10.5. The van der Waals surface area contributed by atoms with Crippen LogP contribution in [0.4, 0.5) is 0 Å². The minimum atomic E-state index is -0.542. The number of benzene rings is 3. The van der Waals surface area contributed by atoms with E-state index in [1.807, 2.05) is 91.0 Å². The number of rotatable bonds is 12. The first-order valence-electron chi connectivity index (χ1n) is 11.5. The predicted octanol–water partition coefficient (Wildman–Crippen LogP) is 5.04. The monoisotopic (exact) mass is 448 g/mol. The summed E-state index contributed by atoms with van der Waals surface area (Å²) in [5.74, 6) is 0. The van der Waals surface area contributed by atoms with E-state index in [1.54, 1.807) is 0 Å². The highest BCUT2D eigenvalue weighted by molar-refractivity contribution is 5.17. The van der Waals surface area contributed by atoms with Gasteiger partial charge in [0.15, 0.2) is 6.29 Å². The molecule has 0 aromatic heterocycles. The molecule has 0 amide bonds. The molecule has 1 saturated heterocycles. The van der Waals surface area contributed by atoms with E-state index in [4.69, 9.17) is 18.9 Å². The summed E-state index contributed by atoms with van der Waals surface area (Å²) in [7, 11) is 0. The van der Waals surface area contributed by atoms with Crippen molar-refractivity contribution >= 4 is 0 Å². The van der Waals surface area contributed by atoms with Crippen LogP contribution in [-0.2, 0) is 32.2 Å². The minimum absolute atomic E-state index is 0.219. The first kappa shape index (κ1) is 23.6. The van der Waals surface area contributed by atoms with Gasteiger partial charge in [0.2, 0.25) is 0 Å². The van der Waals surface area contributed by atoms with Gasteiger partial charge in [-0.1, -0.05) is 91.0 Å². The molecule has 33 heavy (non-hydrogen) atoms. The summed E-state index contributed by atoms with van der Waals surface area (Å²) in [4.78, 5) is 0. The van der Waals surface area contributed by atoms with Crippen LogP contribution in [0.2, 0.25) is 0 Å². The molecule has 0 radical (unpaired) electrons. The zero-order chi connectivity index (χ0) is 22.7. The predicted molar refractivity (Wildman–Crippen MR) is 126 cm³/mol. The molecule has 0 spiro atoms. The lowest BCUT2D eigenvalue weighted by atomic mass is 10.1. The van der Waals surface area contributed by atoms with Crippen molar-refractivity contribution in [3.63, 3.8) is 0 Å². The van der Waals surface area contributed by atoms with Crippen LogP contribution in [0.15, 0.2) is 91.0 Å². The van der Waals surface area contributed by atoms with Gasteiger partial charge in [-0.3, -0.25) is 0 Å². The summed E-state index contributed by atoms with van der Waals surface area (Å²) >= 11 is 0. The van der Waals surface area contributed by atoms with Gasteiger partial charge in [-0.15, -0.1) is 0 Å². The lowest BCUT2D eigenvalue weighted by molar-refractivity contribution is -0.0898. The molecule has 174 valence electrons. The highest BCUT2D eigenvalue weighted by Gasteiger charge is 2.36. The van der Waals surface area contributed by atoms with E-state index in [0.29, 0.717) is 39.3 Å². The Balaban J connectivity index is 1.28. The van der Waals surface area contributed by atoms with Crippen molar-refractivity contribution in [1.82, 2.24) is 0 Å². The number of aliphatic hydroxyl groups is 1. The van der Waals surface area contributed by atoms with E-state index in [-0.39, 0.29) is 18.5 Å². The Hall–Kier alpha value is -2.54. The summed E-state index contributed by atoms with van der Waals surface area (Å²) in [5.41, 5.74) is 3.15. The van der Waals surface area contributed by atoms with Crippen LogP contribution in [0.25, 0.3) is 0 Å². The van der Waals surface area contributed by atoms with E-state index in [2.05, 4.69) is 0 Å². The second-order valence-electron chi connectivity index (χ2n) is 8.28. The van der Waals surface area contributed by atoms with E-state index in [0.717, 1.165) is 16.7 Å². The van der Waals surface area contributed by atoms with E-state index < -0.39 is 6.10 Å². The molecule has 1 heterocycles. The zero-order valence-corrected chi connectivity index (χ0v) is 18.8. The number of hydrogen-bond acceptors (Lipinski definition) is 5. The highest BCUT2D eigenvalue weighted by Crippen LogP contribution is 2.27. The molecule has 0 saturated carbocycles. The maximum atomic E-state index is 10.5. The Labute approximate surface area is 195 Å². The van der Waals surface area contributed by atoms with Gasteiger partial charge in [-0.05, 0) is 23.1 Å². The van der Waals surface area contributed by atoms with Crippen LogP contribution in [0.5, 0.6) is 0 Å². The van der Waals surface area contributed by atoms with Crippen LogP contribution in [0.1, 0.15) is 35.6 Å². The largest absolute Gasteiger partial charge is 0.388 e. The average molecular weight is 449 g/mol. The Bertz CT molecular complexity index is 865. The molecule has 0 unspecified atom stereocenters. The molecule has 1 aliphatic heterocycles. The summed E-state index contributed by atoms with van der Waals surface area (Å²) < 4.78 is 24.2. The van der Waals surface area contributed by atoms with E-state index in [9.17, 15) is 5.11 Å². The molecule has 4 rings (SSSR count). The minimum Gasteiger partial charge on any atom is -0.388 e. The number of aliphatic hydroxyl groups excluding tert-OH is 1. The van der Waals surface area contributed by atoms with Gasteiger partial charge in [0.05, 0.1) is 32.5 Å². The summed E-state index contributed by atoms with van der Waals surface area (Å²) in [6.45, 7) is 1.89. The van der Waals surface area contributed by atoms with Crippen LogP contribution < -0.4 is 0 Å². The van der Waals surface area contributed by atoms with Gasteiger partial charge in [0.25, 0.3) is 0 Å². The average Bonchev–Trinajstić information content (AvgIpc) is 3.26. The Morgan fingerprint density at radius 1 is 0.667 bits per heavy atom. The fourth-order valence-corrected chi connectivity index (χ4v) is 3.90. The lowest BCUT2D eigenvalue weighted by Crippen LogP contribution is -2.31. The van der Waals surface area contributed by atoms with Gasteiger partial charge in [0, 0.05) is 6.42 Å². The van der Waals surface area contributed by atoms with Crippen LogP contribution in [-0.4, -0.2) is 36.8 Å². The van der Waals surface area contributed by atoms with Crippen molar-refractivity contribution in [3.8, 4) is 0 Å². The third-order valence-electron chi connectivity index (χ3n) is 5.72. The Morgan fingerprint density at radius 2 is 1.12 bits per heavy atom. The van der Waals surface area contributed by atoms with Crippen molar-refractivity contribution in [3.05, 3.63) is 108 Å². The van der Waals surface area contributed by atoms with Gasteiger partial charge < -0.3 is 24.1 Å². The van der Waals surface area contributed by atoms with Crippen molar-refractivity contribution < 1.29 is 24.1 Å². The molecule has 1 aliphatic rings. The number of hydrogen-bond donors (Lipinski definition) is 1. The quantitative estimate of drug-likeness (QED) is 0.421. The molecule has 5 nitrogen and oxygen atoms in total. The normalized spacial score (nSPS) is 19.5. The second-order valence-corrected chi connectivity index (χ2v) is 8.28. The van der Waals surface area contributed by atoms with E-state index >= 15 is 0 Å². The molecule has 3 atom stereocenters. The molecule has 0 aliphatic carbocycles. The zero-order valence-electron chi connectivity index (χ0n) is 18.8. The molecular formula is C28H32O5. The molecule has 1 N–H and O–H groups in total. The van der Waals surface area contributed by atoms with Crippen molar-refractivity contribution in [2.24, 2.45) is 0 Å². The highest BCUT2D eigenvalue weighted by atomic mass is 16.7. The fourth-order valence-electron chi connectivity index (χ4n) is 3.90.